The average molecular weight is 372 g/mol. The normalized spacial score (nSPS) is 20.3. The zero-order valence-corrected chi connectivity index (χ0v) is 15.4. The molecule has 25 heavy (non-hydrogen) atoms. The van der Waals surface area contributed by atoms with Gasteiger partial charge in [-0.15, -0.1) is 11.3 Å². The van der Waals surface area contributed by atoms with Crippen LogP contribution in [0, 0.1) is 12.8 Å². The number of thiophene rings is 1. The van der Waals surface area contributed by atoms with Gasteiger partial charge in [-0.2, -0.15) is 8.78 Å². The van der Waals surface area contributed by atoms with E-state index in [-0.39, 0.29) is 22.6 Å². The van der Waals surface area contributed by atoms with Crippen molar-refractivity contribution in [2.45, 2.75) is 58.1 Å². The highest BCUT2D eigenvalue weighted by Crippen LogP contribution is 2.31. The lowest BCUT2D eigenvalue weighted by Crippen LogP contribution is -2.45. The van der Waals surface area contributed by atoms with Crippen LogP contribution in [0.4, 0.5) is 8.78 Å². The number of nitrogens with one attached hydrogen (secondary N) is 1. The maximum absolute atomic E-state index is 12.5. The Morgan fingerprint density at radius 3 is 2.64 bits per heavy atom. The molecule has 1 aromatic rings. The van der Waals surface area contributed by atoms with Crippen molar-refractivity contribution >= 4 is 17.2 Å². The molecule has 1 aliphatic heterocycles. The van der Waals surface area contributed by atoms with E-state index in [1.165, 1.54) is 49.6 Å². The zero-order chi connectivity index (χ0) is 17.8. The summed E-state index contributed by atoms with van der Waals surface area (Å²) in [5, 5.41) is 3.00. The lowest BCUT2D eigenvalue weighted by atomic mass is 10.0. The molecule has 2 heterocycles. The second kappa shape index (κ2) is 8.45. The van der Waals surface area contributed by atoms with Crippen LogP contribution >= 0.6 is 11.3 Å². The summed E-state index contributed by atoms with van der Waals surface area (Å²) in [5.74, 6) is 0.519. The van der Waals surface area contributed by atoms with E-state index < -0.39 is 6.61 Å². The molecule has 4 nitrogen and oxygen atoms in total. The summed E-state index contributed by atoms with van der Waals surface area (Å²) in [7, 11) is 0. The van der Waals surface area contributed by atoms with Crippen molar-refractivity contribution in [3.8, 4) is 5.75 Å². The molecule has 3 rings (SSSR count). The Bertz CT molecular complexity index is 580. The fraction of sp³-hybridized carbons (Fsp3) is 0.722. The van der Waals surface area contributed by atoms with Gasteiger partial charge in [0.1, 0.15) is 10.6 Å². The minimum atomic E-state index is -2.92. The highest BCUT2D eigenvalue weighted by molar-refractivity contribution is 7.14. The minimum Gasteiger partial charge on any atom is -0.433 e. The predicted octanol–water partition coefficient (Wildman–Crippen LogP) is 4.04. The first-order valence-corrected chi connectivity index (χ1v) is 9.91. The van der Waals surface area contributed by atoms with Crippen molar-refractivity contribution in [3.05, 3.63) is 15.8 Å². The number of piperidine rings is 1. The van der Waals surface area contributed by atoms with E-state index in [0.717, 1.165) is 36.7 Å². The fourth-order valence-electron chi connectivity index (χ4n) is 3.90. The highest BCUT2D eigenvalue weighted by atomic mass is 32.1. The van der Waals surface area contributed by atoms with Gasteiger partial charge in [-0.1, -0.05) is 12.8 Å². The van der Waals surface area contributed by atoms with Gasteiger partial charge >= 0.3 is 6.61 Å². The summed E-state index contributed by atoms with van der Waals surface area (Å²) < 4.78 is 29.4. The number of hydrogen-bond donors (Lipinski definition) is 1. The van der Waals surface area contributed by atoms with Crippen LogP contribution in [0.25, 0.3) is 0 Å². The number of carbonyl (C=O) groups is 1. The zero-order valence-electron chi connectivity index (χ0n) is 14.6. The number of rotatable bonds is 6. The Balaban J connectivity index is 1.49. The fourth-order valence-corrected chi connectivity index (χ4v) is 4.75. The van der Waals surface area contributed by atoms with Crippen LogP contribution in [0.15, 0.2) is 6.07 Å². The predicted molar refractivity (Wildman–Crippen MR) is 94.6 cm³/mol. The van der Waals surface area contributed by atoms with Crippen LogP contribution in [0.3, 0.4) is 0 Å². The van der Waals surface area contributed by atoms with E-state index in [0.29, 0.717) is 0 Å². The second-order valence-electron chi connectivity index (χ2n) is 7.13. The molecule has 0 aromatic carbocycles. The van der Waals surface area contributed by atoms with Crippen LogP contribution in [-0.2, 0) is 0 Å². The van der Waals surface area contributed by atoms with Gasteiger partial charge in [0.15, 0.2) is 0 Å². The SMILES string of the molecule is Cc1cc(OC(F)F)c(C(=O)NC2CCN(CC3CCCC3)CC2)s1. The molecule has 1 amide bonds. The van der Waals surface area contributed by atoms with E-state index in [1.807, 2.05) is 0 Å². The second-order valence-corrected chi connectivity index (χ2v) is 8.38. The molecule has 2 fully saturated rings. The number of aryl methyl sites for hydroxylation is 1. The van der Waals surface area contributed by atoms with Gasteiger partial charge in [0.2, 0.25) is 0 Å². The quantitative estimate of drug-likeness (QED) is 0.819. The van der Waals surface area contributed by atoms with Crippen LogP contribution in [-0.4, -0.2) is 43.1 Å². The third-order valence-corrected chi connectivity index (χ3v) is 6.19. The molecule has 0 radical (unpaired) electrons. The summed E-state index contributed by atoms with van der Waals surface area (Å²) in [5.41, 5.74) is 0. The van der Waals surface area contributed by atoms with Crippen molar-refractivity contribution in [2.24, 2.45) is 5.92 Å². The summed E-state index contributed by atoms with van der Waals surface area (Å²) in [6, 6.07) is 1.60. The van der Waals surface area contributed by atoms with E-state index >= 15 is 0 Å². The number of carbonyl (C=O) groups excluding carboxylic acids is 1. The lowest BCUT2D eigenvalue weighted by molar-refractivity contribution is -0.0498. The van der Waals surface area contributed by atoms with Crippen molar-refractivity contribution in [3.63, 3.8) is 0 Å². The van der Waals surface area contributed by atoms with E-state index in [4.69, 9.17) is 0 Å². The van der Waals surface area contributed by atoms with Gasteiger partial charge in [0.05, 0.1) is 0 Å². The van der Waals surface area contributed by atoms with Crippen molar-refractivity contribution in [1.29, 1.82) is 0 Å². The van der Waals surface area contributed by atoms with Crippen LogP contribution < -0.4 is 10.1 Å². The molecule has 0 unspecified atom stereocenters. The van der Waals surface area contributed by atoms with E-state index in [2.05, 4.69) is 15.0 Å². The van der Waals surface area contributed by atoms with Crippen LogP contribution in [0.2, 0.25) is 0 Å². The Labute approximate surface area is 151 Å². The van der Waals surface area contributed by atoms with E-state index in [9.17, 15) is 13.6 Å². The van der Waals surface area contributed by atoms with Gasteiger partial charge in [-0.3, -0.25) is 4.79 Å². The van der Waals surface area contributed by atoms with Crippen molar-refractivity contribution in [1.82, 2.24) is 10.2 Å². The summed E-state index contributed by atoms with van der Waals surface area (Å²) >= 11 is 1.19. The van der Waals surface area contributed by atoms with Gasteiger partial charge in [0.25, 0.3) is 5.91 Å². The molecule has 7 heteroatoms. The molecule has 0 spiro atoms. The van der Waals surface area contributed by atoms with Crippen molar-refractivity contribution in [2.75, 3.05) is 19.6 Å². The Morgan fingerprint density at radius 1 is 1.32 bits per heavy atom. The number of hydrogen-bond acceptors (Lipinski definition) is 4. The number of nitrogens with zero attached hydrogens (tertiary/aromatic N) is 1. The Hall–Kier alpha value is -1.21. The molecular formula is C18H26F2N2O2S. The van der Waals surface area contributed by atoms with Gasteiger partial charge < -0.3 is 15.0 Å². The third kappa shape index (κ3) is 5.14. The standard InChI is InChI=1S/C18H26F2N2O2S/c1-12-10-15(24-18(19)20)16(25-12)17(23)21-14-6-8-22(9-7-14)11-13-4-2-3-5-13/h10,13-14,18H,2-9,11H2,1H3,(H,21,23). The topological polar surface area (TPSA) is 41.6 Å². The molecule has 1 saturated carbocycles. The summed E-state index contributed by atoms with van der Waals surface area (Å²) in [6.07, 6.45) is 7.24. The van der Waals surface area contributed by atoms with E-state index in [1.54, 1.807) is 6.92 Å². The number of halogens is 2. The molecule has 1 saturated heterocycles. The maximum Gasteiger partial charge on any atom is 0.387 e. The minimum absolute atomic E-state index is 0.0198. The molecule has 1 aliphatic carbocycles. The smallest absolute Gasteiger partial charge is 0.387 e. The van der Waals surface area contributed by atoms with Gasteiger partial charge in [-0.05, 0) is 44.6 Å². The Kier molecular flexibility index (Phi) is 6.28. The number of ether oxygens (including phenoxy) is 1. The number of amides is 1. The van der Waals surface area contributed by atoms with Gasteiger partial charge in [0, 0.05) is 30.6 Å². The maximum atomic E-state index is 12.5. The summed E-state index contributed by atoms with van der Waals surface area (Å²) in [6.45, 7) is 2.02. The summed E-state index contributed by atoms with van der Waals surface area (Å²) in [4.78, 5) is 16.0. The highest BCUT2D eigenvalue weighted by Gasteiger charge is 2.26. The average Bonchev–Trinajstić information content (AvgIpc) is 3.18. The number of alkyl halides is 2. The Morgan fingerprint density at radius 2 is 2.00 bits per heavy atom. The first-order chi connectivity index (χ1) is 12.0. The first-order valence-electron chi connectivity index (χ1n) is 9.09. The molecule has 0 bridgehead atoms. The van der Waals surface area contributed by atoms with Gasteiger partial charge in [-0.25, -0.2) is 0 Å². The van der Waals surface area contributed by atoms with Crippen molar-refractivity contribution < 1.29 is 18.3 Å². The lowest BCUT2D eigenvalue weighted by Gasteiger charge is -2.33. The monoisotopic (exact) mass is 372 g/mol. The molecule has 1 N–H and O–H groups in total. The molecule has 140 valence electrons. The van der Waals surface area contributed by atoms with Crippen LogP contribution in [0.5, 0.6) is 5.75 Å². The molecule has 0 atom stereocenters. The molecule has 1 aromatic heterocycles. The first kappa shape index (κ1) is 18.6. The molecule has 2 aliphatic rings. The largest absolute Gasteiger partial charge is 0.433 e. The van der Waals surface area contributed by atoms with Crippen LogP contribution in [0.1, 0.15) is 53.1 Å². The number of likely N-dealkylation sites (tertiary alicyclic amines) is 1. The molecular weight excluding hydrogens is 346 g/mol. The third-order valence-electron chi connectivity index (χ3n) is 5.16.